The number of ether oxygens (including phenoxy) is 2. The Labute approximate surface area is 184 Å². The van der Waals surface area contributed by atoms with Crippen molar-refractivity contribution in [3.05, 3.63) is 34.5 Å². The van der Waals surface area contributed by atoms with Crippen LogP contribution in [0, 0.1) is 0 Å². The molecule has 1 aliphatic heterocycles. The van der Waals surface area contributed by atoms with E-state index < -0.39 is 70.6 Å². The van der Waals surface area contributed by atoms with Crippen LogP contribution < -0.4 is 10.2 Å². The lowest BCUT2D eigenvalue weighted by Gasteiger charge is -2.39. The molecule has 0 radical (unpaired) electrons. The van der Waals surface area contributed by atoms with Gasteiger partial charge in [-0.05, 0) is 19.1 Å². The van der Waals surface area contributed by atoms with Gasteiger partial charge in [-0.2, -0.15) is 0 Å². The van der Waals surface area contributed by atoms with Crippen LogP contribution in [0.2, 0.25) is 0 Å². The molecule has 4 rings (SSSR count). The van der Waals surface area contributed by atoms with E-state index in [-0.39, 0.29) is 22.3 Å². The van der Waals surface area contributed by atoms with Crippen LogP contribution in [0.15, 0.2) is 33.5 Å². The molecule has 0 saturated carbocycles. The highest BCUT2D eigenvalue weighted by molar-refractivity contribution is 5.89. The SMILES string of the molecule is C[C@@H]1O[C@@H](Oc2c(O)c(O)cc3oc(-c4cc(O)c(O)c(O)c4)cc(=O)c23)[C@@H](O)[C@@H](O)[C@H]1O. The second kappa shape index (κ2) is 8.01. The van der Waals surface area contributed by atoms with Crippen LogP contribution in [0.5, 0.6) is 34.5 Å². The molecule has 33 heavy (non-hydrogen) atoms. The monoisotopic (exact) mass is 464 g/mol. The van der Waals surface area contributed by atoms with Crippen molar-refractivity contribution < 1.29 is 54.7 Å². The number of benzene rings is 2. The zero-order valence-electron chi connectivity index (χ0n) is 16.9. The Bertz CT molecular complexity index is 1260. The number of aromatic hydroxyl groups is 5. The maximum absolute atomic E-state index is 12.9. The molecule has 0 unspecified atom stereocenters. The van der Waals surface area contributed by atoms with Crippen LogP contribution >= 0.6 is 0 Å². The molecule has 12 nitrogen and oxygen atoms in total. The minimum absolute atomic E-state index is 0.00815. The Balaban J connectivity index is 1.83. The second-order valence-corrected chi connectivity index (χ2v) is 7.58. The minimum atomic E-state index is -1.76. The molecule has 2 heterocycles. The third kappa shape index (κ3) is 3.74. The third-order valence-electron chi connectivity index (χ3n) is 5.32. The highest BCUT2D eigenvalue weighted by atomic mass is 16.7. The molecule has 3 aromatic rings. The van der Waals surface area contributed by atoms with Crippen molar-refractivity contribution in [2.45, 2.75) is 37.6 Å². The second-order valence-electron chi connectivity index (χ2n) is 7.58. The molecule has 0 aliphatic carbocycles. The van der Waals surface area contributed by atoms with Crippen molar-refractivity contribution in [1.29, 1.82) is 0 Å². The first-order valence-electron chi connectivity index (χ1n) is 9.64. The molecular formula is C21H20O12. The predicted octanol–water partition coefficient (Wildman–Crippen LogP) is 0.194. The highest BCUT2D eigenvalue weighted by Crippen LogP contribution is 2.44. The predicted molar refractivity (Wildman–Crippen MR) is 109 cm³/mol. The Morgan fingerprint density at radius 2 is 1.42 bits per heavy atom. The molecule has 0 amide bonds. The first-order chi connectivity index (χ1) is 15.5. The minimum Gasteiger partial charge on any atom is -0.504 e. The number of fused-ring (bicyclic) bond motifs is 1. The fourth-order valence-corrected chi connectivity index (χ4v) is 3.49. The summed E-state index contributed by atoms with van der Waals surface area (Å²) in [6, 6.07) is 3.91. The number of hydrogen-bond acceptors (Lipinski definition) is 12. The molecular weight excluding hydrogens is 444 g/mol. The van der Waals surface area contributed by atoms with Gasteiger partial charge in [0.2, 0.25) is 12.0 Å². The summed E-state index contributed by atoms with van der Waals surface area (Å²) in [5.41, 5.74) is -1.06. The zero-order chi connectivity index (χ0) is 24.2. The molecule has 0 bridgehead atoms. The van der Waals surface area contributed by atoms with E-state index >= 15 is 0 Å². The first kappa shape index (κ1) is 22.5. The number of phenolic OH excluding ortho intramolecular Hbond substituents is 5. The smallest absolute Gasteiger partial charge is 0.229 e. The molecule has 1 fully saturated rings. The molecule has 8 N–H and O–H groups in total. The van der Waals surface area contributed by atoms with Crippen molar-refractivity contribution in [2.24, 2.45) is 0 Å². The van der Waals surface area contributed by atoms with Gasteiger partial charge < -0.3 is 54.7 Å². The summed E-state index contributed by atoms with van der Waals surface area (Å²) in [5.74, 6) is -4.53. The van der Waals surface area contributed by atoms with Crippen molar-refractivity contribution in [1.82, 2.24) is 0 Å². The summed E-state index contributed by atoms with van der Waals surface area (Å²) in [6.45, 7) is 1.40. The summed E-state index contributed by atoms with van der Waals surface area (Å²) in [7, 11) is 0. The molecule has 5 atom stereocenters. The topological polar surface area (TPSA) is 211 Å². The van der Waals surface area contributed by atoms with E-state index in [4.69, 9.17) is 13.9 Å². The molecule has 2 aromatic carbocycles. The van der Waals surface area contributed by atoms with E-state index in [0.29, 0.717) is 0 Å². The van der Waals surface area contributed by atoms with Crippen LogP contribution in [-0.2, 0) is 4.74 Å². The standard InChI is InChI=1S/C21H20O12/c1-6-15(26)18(29)19(30)21(31-6)33-20-14-8(22)4-12(32-13(14)5-11(25)17(20)28)7-2-9(23)16(27)10(24)3-7/h2-6,15,18-19,21,23-30H,1H3/t6-,15-,18-,19-,21-/m0/s1. The van der Waals surface area contributed by atoms with Crippen LogP contribution in [0.3, 0.4) is 0 Å². The zero-order valence-corrected chi connectivity index (χ0v) is 16.9. The number of aliphatic hydroxyl groups excluding tert-OH is 3. The van der Waals surface area contributed by atoms with E-state index in [9.17, 15) is 45.6 Å². The van der Waals surface area contributed by atoms with Crippen LogP contribution in [0.1, 0.15) is 6.92 Å². The van der Waals surface area contributed by atoms with Gasteiger partial charge in [0.1, 0.15) is 35.0 Å². The Hall–Kier alpha value is -3.71. The van der Waals surface area contributed by atoms with Gasteiger partial charge in [0.05, 0.1) is 6.10 Å². The summed E-state index contributed by atoms with van der Waals surface area (Å²) < 4.78 is 16.3. The van der Waals surface area contributed by atoms with Crippen LogP contribution in [-0.4, -0.2) is 71.6 Å². The van der Waals surface area contributed by atoms with E-state index in [1.54, 1.807) is 0 Å². The number of hydrogen-bond donors (Lipinski definition) is 8. The van der Waals surface area contributed by atoms with Crippen molar-refractivity contribution in [3.63, 3.8) is 0 Å². The largest absolute Gasteiger partial charge is 0.504 e. The molecule has 176 valence electrons. The Kier molecular flexibility index (Phi) is 5.46. The van der Waals surface area contributed by atoms with Gasteiger partial charge in [0, 0.05) is 17.7 Å². The molecule has 12 heteroatoms. The number of aliphatic hydroxyl groups is 3. The fraction of sp³-hybridized carbons (Fsp3) is 0.286. The summed E-state index contributed by atoms with van der Waals surface area (Å²) >= 11 is 0. The van der Waals surface area contributed by atoms with Gasteiger partial charge in [-0.15, -0.1) is 0 Å². The molecule has 1 saturated heterocycles. The van der Waals surface area contributed by atoms with E-state index in [2.05, 4.69) is 0 Å². The van der Waals surface area contributed by atoms with Crippen molar-refractivity contribution >= 4 is 11.0 Å². The normalized spacial score (nSPS) is 25.3. The van der Waals surface area contributed by atoms with Gasteiger partial charge in [-0.3, -0.25) is 4.79 Å². The average Bonchev–Trinajstić information content (AvgIpc) is 2.76. The summed E-state index contributed by atoms with van der Waals surface area (Å²) in [4.78, 5) is 12.9. The van der Waals surface area contributed by atoms with Gasteiger partial charge in [-0.1, -0.05) is 0 Å². The van der Waals surface area contributed by atoms with Crippen LogP contribution in [0.25, 0.3) is 22.3 Å². The van der Waals surface area contributed by atoms with Crippen molar-refractivity contribution in [2.75, 3.05) is 0 Å². The van der Waals surface area contributed by atoms with E-state index in [1.807, 2.05) is 0 Å². The van der Waals surface area contributed by atoms with Gasteiger partial charge in [-0.25, -0.2) is 0 Å². The third-order valence-corrected chi connectivity index (χ3v) is 5.32. The summed E-state index contributed by atoms with van der Waals surface area (Å²) in [5, 5.41) is 79.0. The molecule has 1 aromatic heterocycles. The van der Waals surface area contributed by atoms with Gasteiger partial charge in [0.25, 0.3) is 0 Å². The van der Waals surface area contributed by atoms with Gasteiger partial charge in [0.15, 0.2) is 34.2 Å². The quantitative estimate of drug-likeness (QED) is 0.244. The molecule has 1 aliphatic rings. The maximum atomic E-state index is 12.9. The number of rotatable bonds is 3. The lowest BCUT2D eigenvalue weighted by Crippen LogP contribution is -2.58. The van der Waals surface area contributed by atoms with E-state index in [0.717, 1.165) is 24.3 Å². The Morgan fingerprint density at radius 3 is 2.06 bits per heavy atom. The summed E-state index contributed by atoms with van der Waals surface area (Å²) in [6.07, 6.45) is -7.43. The highest BCUT2D eigenvalue weighted by Gasteiger charge is 2.43. The lowest BCUT2D eigenvalue weighted by molar-refractivity contribution is -0.268. The molecule has 0 spiro atoms. The maximum Gasteiger partial charge on any atom is 0.229 e. The number of phenols is 5. The van der Waals surface area contributed by atoms with Crippen molar-refractivity contribution in [3.8, 4) is 45.8 Å². The van der Waals surface area contributed by atoms with Crippen LogP contribution in [0.4, 0.5) is 0 Å². The Morgan fingerprint density at radius 1 is 0.818 bits per heavy atom. The van der Waals surface area contributed by atoms with E-state index in [1.165, 1.54) is 6.92 Å². The lowest BCUT2D eigenvalue weighted by atomic mass is 10.00. The fourth-order valence-electron chi connectivity index (χ4n) is 3.49. The average molecular weight is 464 g/mol. The first-order valence-corrected chi connectivity index (χ1v) is 9.64. The van der Waals surface area contributed by atoms with Gasteiger partial charge >= 0.3 is 0 Å².